The number of nitrogen functional groups attached to an aromatic ring is 1. The maximum absolute atomic E-state index is 11.4. The van der Waals surface area contributed by atoms with Crippen molar-refractivity contribution < 1.29 is 14.3 Å². The Labute approximate surface area is 89.8 Å². The normalized spacial score (nSPS) is 9.31. The first-order valence-electron chi connectivity index (χ1n) is 3.95. The number of aromatic nitrogens is 2. The molecular formula is C7H8N6O3. The van der Waals surface area contributed by atoms with Gasteiger partial charge in [-0.15, -0.1) is 5.26 Å². The summed E-state index contributed by atoms with van der Waals surface area (Å²) < 4.78 is 4.87. The van der Waals surface area contributed by atoms with Crippen LogP contribution in [0.25, 0.3) is 0 Å². The fourth-order valence-electron chi connectivity index (χ4n) is 0.927. The van der Waals surface area contributed by atoms with Crippen molar-refractivity contribution in [1.82, 2.24) is 14.6 Å². The maximum atomic E-state index is 11.4. The molecule has 1 aromatic rings. The first-order valence-corrected chi connectivity index (χ1v) is 3.95. The summed E-state index contributed by atoms with van der Waals surface area (Å²) in [7, 11) is 1.30. The van der Waals surface area contributed by atoms with Gasteiger partial charge in [0.15, 0.2) is 5.69 Å². The smallest absolute Gasteiger partial charge is 0.376 e. The van der Waals surface area contributed by atoms with Crippen LogP contribution in [0.5, 0.6) is 0 Å². The molecule has 0 aliphatic heterocycles. The Balaban J connectivity index is 3.07. The molecule has 0 saturated carbocycles. The predicted molar refractivity (Wildman–Crippen MR) is 50.4 cm³/mol. The summed E-state index contributed by atoms with van der Waals surface area (Å²) >= 11 is 0. The van der Waals surface area contributed by atoms with E-state index < -0.39 is 12.0 Å². The minimum atomic E-state index is -1.04. The molecule has 0 unspecified atom stereocenters. The number of nitriles is 1. The summed E-state index contributed by atoms with van der Waals surface area (Å²) in [5, 5.41) is 8.89. The molecular weight excluding hydrogens is 216 g/mol. The van der Waals surface area contributed by atoms with E-state index in [9.17, 15) is 9.59 Å². The second kappa shape index (κ2) is 4.28. The molecule has 0 fully saturated rings. The monoisotopic (exact) mass is 224 g/mol. The van der Waals surface area contributed by atoms with Crippen molar-refractivity contribution in [3.63, 3.8) is 0 Å². The number of anilines is 1. The third kappa shape index (κ3) is 1.91. The number of hydrazine groups is 1. The number of hydrogen-bond donors (Lipinski definition) is 2. The molecule has 1 aromatic heterocycles. The van der Waals surface area contributed by atoms with Crippen molar-refractivity contribution in [2.45, 2.75) is 0 Å². The maximum Gasteiger partial charge on any atom is 0.376 e. The van der Waals surface area contributed by atoms with E-state index in [1.165, 1.54) is 13.3 Å². The molecule has 84 valence electrons. The highest BCUT2D eigenvalue weighted by molar-refractivity contribution is 5.95. The Morgan fingerprint density at radius 2 is 2.31 bits per heavy atom. The van der Waals surface area contributed by atoms with E-state index in [0.717, 1.165) is 15.9 Å². The Hall–Kier alpha value is -2.60. The zero-order chi connectivity index (χ0) is 12.3. The van der Waals surface area contributed by atoms with Crippen LogP contribution in [-0.4, -0.2) is 33.6 Å². The van der Waals surface area contributed by atoms with Crippen molar-refractivity contribution in [3.05, 3.63) is 12.0 Å². The van der Waals surface area contributed by atoms with Crippen LogP contribution in [-0.2, 0) is 4.74 Å². The molecule has 4 N–H and O–H groups in total. The number of nitrogens with zero attached hydrogens (tertiary/aromatic N) is 4. The van der Waals surface area contributed by atoms with E-state index in [0.29, 0.717) is 0 Å². The summed E-state index contributed by atoms with van der Waals surface area (Å²) in [5.74, 6) is 3.91. The van der Waals surface area contributed by atoms with E-state index in [2.05, 4.69) is 9.72 Å². The first kappa shape index (κ1) is 11.5. The fourth-order valence-corrected chi connectivity index (χ4v) is 0.927. The summed E-state index contributed by atoms with van der Waals surface area (Å²) in [6.45, 7) is 0. The minimum absolute atomic E-state index is 0.248. The lowest BCUT2D eigenvalue weighted by Gasteiger charge is -2.10. The Morgan fingerprint density at radius 3 is 2.81 bits per heavy atom. The van der Waals surface area contributed by atoms with E-state index in [-0.39, 0.29) is 11.5 Å². The van der Waals surface area contributed by atoms with Crippen LogP contribution >= 0.6 is 0 Å². The van der Waals surface area contributed by atoms with Gasteiger partial charge in [0.1, 0.15) is 12.1 Å². The molecule has 0 saturated heterocycles. The van der Waals surface area contributed by atoms with E-state index in [4.69, 9.17) is 16.8 Å². The van der Waals surface area contributed by atoms with Crippen molar-refractivity contribution in [1.29, 1.82) is 5.26 Å². The number of imidazole rings is 1. The van der Waals surface area contributed by atoms with Crippen molar-refractivity contribution in [2.75, 3.05) is 12.8 Å². The summed E-state index contributed by atoms with van der Waals surface area (Å²) in [6.07, 6.45) is 2.19. The average Bonchev–Trinajstić information content (AvgIpc) is 2.59. The van der Waals surface area contributed by atoms with Gasteiger partial charge in [0.2, 0.25) is 0 Å². The molecule has 1 rings (SSSR count). The molecule has 9 heteroatoms. The van der Waals surface area contributed by atoms with Gasteiger partial charge in [-0.2, -0.15) is 0 Å². The highest BCUT2D eigenvalue weighted by atomic mass is 16.5. The minimum Gasteiger partial charge on any atom is -0.383 e. The molecule has 16 heavy (non-hydrogen) atoms. The SMILES string of the molecule is CN(N)C(=O)n1cnc(C(=O)OC#N)c1N. The fraction of sp³-hybridized carbons (Fsp3) is 0.143. The third-order valence-corrected chi connectivity index (χ3v) is 1.64. The van der Waals surface area contributed by atoms with Gasteiger partial charge >= 0.3 is 12.0 Å². The molecule has 9 nitrogen and oxygen atoms in total. The van der Waals surface area contributed by atoms with Crippen LogP contribution in [0.4, 0.5) is 10.6 Å². The Morgan fingerprint density at radius 1 is 1.69 bits per heavy atom. The van der Waals surface area contributed by atoms with Crippen LogP contribution in [0.15, 0.2) is 6.33 Å². The summed E-state index contributed by atoms with van der Waals surface area (Å²) in [5.41, 5.74) is 5.14. The number of esters is 1. The van der Waals surface area contributed by atoms with Gasteiger partial charge in [-0.3, -0.25) is 5.01 Å². The Bertz CT molecular complexity index is 471. The molecule has 0 aromatic carbocycles. The van der Waals surface area contributed by atoms with Crippen molar-refractivity contribution in [3.8, 4) is 6.26 Å². The molecule has 0 atom stereocenters. The third-order valence-electron chi connectivity index (χ3n) is 1.64. The Kier molecular flexibility index (Phi) is 3.07. The molecule has 0 bridgehead atoms. The van der Waals surface area contributed by atoms with Crippen LogP contribution in [0.3, 0.4) is 0 Å². The number of ether oxygens (including phenoxy) is 1. The van der Waals surface area contributed by atoms with Gasteiger partial charge in [-0.05, 0) is 0 Å². The number of hydrogen-bond acceptors (Lipinski definition) is 7. The molecule has 1 heterocycles. The van der Waals surface area contributed by atoms with Crippen molar-refractivity contribution >= 4 is 17.8 Å². The molecule has 0 spiro atoms. The highest BCUT2D eigenvalue weighted by Gasteiger charge is 2.21. The molecule has 1 amide bonds. The van der Waals surface area contributed by atoms with Crippen LogP contribution in [0.2, 0.25) is 0 Å². The van der Waals surface area contributed by atoms with E-state index >= 15 is 0 Å². The molecule has 0 radical (unpaired) electrons. The first-order chi connectivity index (χ1) is 7.49. The lowest BCUT2D eigenvalue weighted by Crippen LogP contribution is -2.36. The van der Waals surface area contributed by atoms with Gasteiger partial charge in [-0.25, -0.2) is 25.0 Å². The second-order valence-electron chi connectivity index (χ2n) is 2.72. The van der Waals surface area contributed by atoms with Crippen LogP contribution < -0.4 is 11.6 Å². The van der Waals surface area contributed by atoms with Crippen LogP contribution in [0, 0.1) is 11.5 Å². The van der Waals surface area contributed by atoms with E-state index in [1.54, 1.807) is 0 Å². The molecule has 0 aliphatic rings. The number of amides is 1. The largest absolute Gasteiger partial charge is 0.383 e. The lowest BCUT2D eigenvalue weighted by atomic mass is 10.4. The van der Waals surface area contributed by atoms with Gasteiger partial charge in [-0.1, -0.05) is 0 Å². The average molecular weight is 224 g/mol. The lowest BCUT2D eigenvalue weighted by molar-refractivity contribution is 0.0680. The van der Waals surface area contributed by atoms with Crippen molar-refractivity contribution in [2.24, 2.45) is 5.84 Å². The standard InChI is InChI=1S/C7H8N6O3/c1-12(10)7(15)13-3-11-4(5(13)9)6(14)16-2-8/h3H,9-10H2,1H3. The zero-order valence-electron chi connectivity index (χ0n) is 8.25. The highest BCUT2D eigenvalue weighted by Crippen LogP contribution is 2.11. The predicted octanol–water partition coefficient (Wildman–Crippen LogP) is -1.12. The summed E-state index contributed by atoms with van der Waals surface area (Å²) in [6, 6.07) is -0.680. The zero-order valence-corrected chi connectivity index (χ0v) is 8.25. The second-order valence-corrected chi connectivity index (χ2v) is 2.72. The van der Waals surface area contributed by atoms with E-state index in [1.807, 2.05) is 0 Å². The quantitative estimate of drug-likeness (QED) is 0.202. The number of carbonyl (C=O) groups excluding carboxylic acids is 2. The molecule has 0 aliphatic carbocycles. The summed E-state index contributed by atoms with van der Waals surface area (Å²) in [4.78, 5) is 26.0. The van der Waals surface area contributed by atoms with Gasteiger partial charge < -0.3 is 10.5 Å². The van der Waals surface area contributed by atoms with Gasteiger partial charge in [0, 0.05) is 7.05 Å². The number of rotatable bonds is 1. The van der Waals surface area contributed by atoms with Crippen LogP contribution in [0.1, 0.15) is 10.5 Å². The topological polar surface area (TPSA) is 140 Å². The number of nitrogens with two attached hydrogens (primary N) is 2. The number of carbonyl (C=O) groups is 2. The van der Waals surface area contributed by atoms with Gasteiger partial charge in [0.25, 0.3) is 6.26 Å². The van der Waals surface area contributed by atoms with Gasteiger partial charge in [0.05, 0.1) is 0 Å².